The van der Waals surface area contributed by atoms with Crippen LogP contribution in [0.25, 0.3) is 0 Å². The lowest BCUT2D eigenvalue weighted by atomic mass is 10.3. The van der Waals surface area contributed by atoms with E-state index in [9.17, 15) is 18.0 Å². The Labute approximate surface area is 128 Å². The lowest BCUT2D eigenvalue weighted by molar-refractivity contribution is -0.144. The van der Waals surface area contributed by atoms with E-state index in [1.807, 2.05) is 0 Å². The van der Waals surface area contributed by atoms with Crippen molar-refractivity contribution >= 4 is 21.9 Å². The lowest BCUT2D eigenvalue weighted by Crippen LogP contribution is -2.48. The quantitative estimate of drug-likeness (QED) is 0.712. The molecular formula is C12H19N3O6S. The molecule has 0 bridgehead atoms. The van der Waals surface area contributed by atoms with Crippen molar-refractivity contribution in [2.24, 2.45) is 0 Å². The average Bonchev–Trinajstić information content (AvgIpc) is 2.74. The third-order valence-corrected chi connectivity index (χ3v) is 4.74. The van der Waals surface area contributed by atoms with E-state index in [1.165, 1.54) is 20.8 Å². The SMILES string of the molecule is CCN(CC(=O)O)C(=O)C(C)NS(=O)(=O)c1c(C)noc1C. The van der Waals surface area contributed by atoms with E-state index in [2.05, 4.69) is 9.88 Å². The van der Waals surface area contributed by atoms with E-state index in [1.54, 1.807) is 6.92 Å². The Morgan fingerprint density at radius 3 is 2.41 bits per heavy atom. The summed E-state index contributed by atoms with van der Waals surface area (Å²) in [5, 5.41) is 12.3. The first-order chi connectivity index (χ1) is 10.1. The van der Waals surface area contributed by atoms with Crippen LogP contribution in [0.2, 0.25) is 0 Å². The molecule has 1 atom stereocenters. The van der Waals surface area contributed by atoms with Crippen molar-refractivity contribution in [2.45, 2.75) is 38.6 Å². The number of aliphatic carboxylic acids is 1. The van der Waals surface area contributed by atoms with Gasteiger partial charge in [0.1, 0.15) is 17.1 Å². The average molecular weight is 333 g/mol. The fourth-order valence-corrected chi connectivity index (χ4v) is 3.51. The Hall–Kier alpha value is -1.94. The van der Waals surface area contributed by atoms with E-state index in [4.69, 9.17) is 9.63 Å². The molecular weight excluding hydrogens is 314 g/mol. The summed E-state index contributed by atoms with van der Waals surface area (Å²) in [5.74, 6) is -1.68. The number of carboxylic acids is 1. The molecule has 1 unspecified atom stereocenters. The van der Waals surface area contributed by atoms with E-state index >= 15 is 0 Å². The maximum Gasteiger partial charge on any atom is 0.323 e. The van der Waals surface area contributed by atoms with Gasteiger partial charge in [-0.1, -0.05) is 5.16 Å². The first kappa shape index (κ1) is 18.1. The number of carboxylic acid groups (broad SMARTS) is 1. The summed E-state index contributed by atoms with van der Waals surface area (Å²) < 4.78 is 31.6. The smallest absolute Gasteiger partial charge is 0.323 e. The van der Waals surface area contributed by atoms with Gasteiger partial charge in [0.25, 0.3) is 0 Å². The van der Waals surface area contributed by atoms with Crippen molar-refractivity contribution in [3.63, 3.8) is 0 Å². The Kier molecular flexibility index (Phi) is 5.66. The predicted octanol–water partition coefficient (Wildman–Crippen LogP) is -0.109. The van der Waals surface area contributed by atoms with Crippen LogP contribution in [0.5, 0.6) is 0 Å². The third-order valence-electron chi connectivity index (χ3n) is 2.96. The molecule has 0 radical (unpaired) electrons. The van der Waals surface area contributed by atoms with Crippen molar-refractivity contribution in [3.8, 4) is 0 Å². The molecule has 0 aliphatic carbocycles. The van der Waals surface area contributed by atoms with Crippen LogP contribution in [-0.4, -0.2) is 54.6 Å². The third kappa shape index (κ3) is 4.04. The normalized spacial score (nSPS) is 12.9. The molecule has 10 heteroatoms. The second-order valence-electron chi connectivity index (χ2n) is 4.74. The monoisotopic (exact) mass is 333 g/mol. The molecule has 0 saturated heterocycles. The summed E-state index contributed by atoms with van der Waals surface area (Å²) >= 11 is 0. The first-order valence-electron chi connectivity index (χ1n) is 6.56. The highest BCUT2D eigenvalue weighted by atomic mass is 32.2. The molecule has 1 aromatic rings. The van der Waals surface area contributed by atoms with Crippen LogP contribution in [0.4, 0.5) is 0 Å². The molecule has 2 N–H and O–H groups in total. The van der Waals surface area contributed by atoms with Gasteiger partial charge >= 0.3 is 5.97 Å². The molecule has 1 amide bonds. The topological polar surface area (TPSA) is 130 Å². The number of rotatable bonds is 7. The molecule has 0 aromatic carbocycles. The van der Waals surface area contributed by atoms with E-state index in [0.29, 0.717) is 0 Å². The Balaban J connectivity index is 2.93. The minimum absolute atomic E-state index is 0.113. The minimum Gasteiger partial charge on any atom is -0.480 e. The molecule has 0 fully saturated rings. The maximum atomic E-state index is 12.3. The van der Waals surface area contributed by atoms with Crippen molar-refractivity contribution in [2.75, 3.05) is 13.1 Å². The number of sulfonamides is 1. The van der Waals surface area contributed by atoms with Crippen LogP contribution in [0.3, 0.4) is 0 Å². The molecule has 1 heterocycles. The number of carbonyl (C=O) groups is 2. The number of likely N-dealkylation sites (N-methyl/N-ethyl adjacent to an activating group) is 1. The van der Waals surface area contributed by atoms with Gasteiger partial charge in [0.2, 0.25) is 15.9 Å². The molecule has 0 aliphatic rings. The van der Waals surface area contributed by atoms with Gasteiger partial charge in [0, 0.05) is 6.54 Å². The van der Waals surface area contributed by atoms with Gasteiger partial charge in [-0.05, 0) is 27.7 Å². The van der Waals surface area contributed by atoms with Gasteiger partial charge in [0.05, 0.1) is 6.04 Å². The molecule has 124 valence electrons. The molecule has 9 nitrogen and oxygen atoms in total. The summed E-state index contributed by atoms with van der Waals surface area (Å²) in [7, 11) is -3.99. The Bertz CT molecular complexity index is 647. The van der Waals surface area contributed by atoms with Gasteiger partial charge in [-0.15, -0.1) is 0 Å². The zero-order valence-electron chi connectivity index (χ0n) is 12.8. The van der Waals surface area contributed by atoms with Crippen molar-refractivity contribution in [3.05, 3.63) is 11.5 Å². The second-order valence-corrected chi connectivity index (χ2v) is 6.39. The minimum atomic E-state index is -3.99. The molecule has 1 aromatic heterocycles. The molecule has 0 spiro atoms. The van der Waals surface area contributed by atoms with Crippen molar-refractivity contribution in [1.82, 2.24) is 14.8 Å². The zero-order valence-corrected chi connectivity index (χ0v) is 13.6. The fourth-order valence-electron chi connectivity index (χ4n) is 1.98. The van der Waals surface area contributed by atoms with Gasteiger partial charge in [0.15, 0.2) is 5.76 Å². The van der Waals surface area contributed by atoms with Gasteiger partial charge < -0.3 is 14.5 Å². The number of aromatic nitrogens is 1. The van der Waals surface area contributed by atoms with Crippen molar-refractivity contribution < 1.29 is 27.6 Å². The summed E-state index contributed by atoms with van der Waals surface area (Å²) in [6.45, 7) is 5.54. The summed E-state index contributed by atoms with van der Waals surface area (Å²) in [6, 6.07) is -1.11. The zero-order chi connectivity index (χ0) is 17.1. The molecule has 0 aliphatic heterocycles. The summed E-state index contributed by atoms with van der Waals surface area (Å²) in [6.07, 6.45) is 0. The maximum absolute atomic E-state index is 12.3. The fraction of sp³-hybridized carbons (Fsp3) is 0.583. The summed E-state index contributed by atoms with van der Waals surface area (Å²) in [4.78, 5) is 23.8. The Morgan fingerprint density at radius 2 is 2.00 bits per heavy atom. The standard InChI is InChI=1S/C12H19N3O6S/c1-5-15(6-10(16)17)12(18)8(3)14-22(19,20)11-7(2)13-21-9(11)4/h8,14H,5-6H2,1-4H3,(H,16,17). The van der Waals surface area contributed by atoms with Crippen LogP contribution >= 0.6 is 0 Å². The highest BCUT2D eigenvalue weighted by Gasteiger charge is 2.30. The number of carbonyl (C=O) groups excluding carboxylic acids is 1. The number of nitrogens with zero attached hydrogens (tertiary/aromatic N) is 2. The van der Waals surface area contributed by atoms with Crippen molar-refractivity contribution in [1.29, 1.82) is 0 Å². The largest absolute Gasteiger partial charge is 0.480 e. The van der Waals surface area contributed by atoms with E-state index < -0.39 is 34.5 Å². The molecule has 1 rings (SSSR count). The van der Waals surface area contributed by atoms with Crippen LogP contribution in [0, 0.1) is 13.8 Å². The Morgan fingerprint density at radius 1 is 1.41 bits per heavy atom. The van der Waals surface area contributed by atoms with Gasteiger partial charge in [-0.25, -0.2) is 8.42 Å². The van der Waals surface area contributed by atoms with Crippen LogP contribution < -0.4 is 4.72 Å². The number of hydrogen-bond donors (Lipinski definition) is 2. The van der Waals surface area contributed by atoms with Crippen LogP contribution in [0.15, 0.2) is 9.42 Å². The van der Waals surface area contributed by atoms with Gasteiger partial charge in [-0.3, -0.25) is 9.59 Å². The van der Waals surface area contributed by atoms with Gasteiger partial charge in [-0.2, -0.15) is 4.72 Å². The van der Waals surface area contributed by atoms with Crippen LogP contribution in [-0.2, 0) is 19.6 Å². The molecule has 0 saturated carbocycles. The number of nitrogens with one attached hydrogen (secondary N) is 1. The number of amides is 1. The highest BCUT2D eigenvalue weighted by molar-refractivity contribution is 7.89. The van der Waals surface area contributed by atoms with Crippen LogP contribution in [0.1, 0.15) is 25.3 Å². The number of aryl methyl sites for hydroxylation is 2. The highest BCUT2D eigenvalue weighted by Crippen LogP contribution is 2.19. The number of hydrogen-bond acceptors (Lipinski definition) is 6. The first-order valence-corrected chi connectivity index (χ1v) is 8.04. The summed E-state index contributed by atoms with van der Waals surface area (Å²) in [5.41, 5.74) is 0.183. The molecule has 22 heavy (non-hydrogen) atoms. The van der Waals surface area contributed by atoms with E-state index in [0.717, 1.165) is 4.90 Å². The second kappa shape index (κ2) is 6.88. The predicted molar refractivity (Wildman–Crippen MR) is 75.7 cm³/mol. The van der Waals surface area contributed by atoms with E-state index in [-0.39, 0.29) is 22.9 Å². The lowest BCUT2D eigenvalue weighted by Gasteiger charge is -2.23.